The molecule has 7 heteroatoms. The van der Waals surface area contributed by atoms with Crippen LogP contribution >= 0.6 is 27.7 Å². The van der Waals surface area contributed by atoms with E-state index in [0.717, 1.165) is 10.2 Å². The maximum atomic E-state index is 11.2. The monoisotopic (exact) mass is 363 g/mol. The number of hydrogen-bond donors (Lipinski definition) is 1. The first kappa shape index (κ1) is 14.1. The summed E-state index contributed by atoms with van der Waals surface area (Å²) < 4.78 is 2.70. The van der Waals surface area contributed by atoms with Crippen molar-refractivity contribution < 1.29 is 9.90 Å². The Labute approximate surface area is 133 Å². The van der Waals surface area contributed by atoms with Crippen molar-refractivity contribution in [2.75, 3.05) is 0 Å². The second kappa shape index (κ2) is 5.87. The standard InChI is InChI=1S/C14H10BrN3O2S/c15-9-2-3-11(13(19)20)12(6-9)21-8-10-7-18-5-1-4-16-14(18)17-10/h1-7H,8H2,(H,19,20). The Balaban J connectivity index is 1.84. The summed E-state index contributed by atoms with van der Waals surface area (Å²) >= 11 is 4.81. The van der Waals surface area contributed by atoms with E-state index in [2.05, 4.69) is 25.9 Å². The molecule has 0 unspecified atom stereocenters. The summed E-state index contributed by atoms with van der Waals surface area (Å²) in [5.41, 5.74) is 1.15. The highest BCUT2D eigenvalue weighted by atomic mass is 79.9. The highest BCUT2D eigenvalue weighted by Gasteiger charge is 2.12. The largest absolute Gasteiger partial charge is 0.478 e. The van der Waals surface area contributed by atoms with Crippen molar-refractivity contribution in [1.82, 2.24) is 14.4 Å². The number of benzene rings is 1. The average Bonchev–Trinajstić information content (AvgIpc) is 2.87. The molecular formula is C14H10BrN3O2S. The molecule has 5 nitrogen and oxygen atoms in total. The number of thioether (sulfide) groups is 1. The highest BCUT2D eigenvalue weighted by molar-refractivity contribution is 9.10. The van der Waals surface area contributed by atoms with Crippen molar-refractivity contribution in [3.8, 4) is 0 Å². The number of nitrogens with zero attached hydrogens (tertiary/aromatic N) is 3. The molecule has 0 amide bonds. The molecule has 0 atom stereocenters. The fourth-order valence-electron chi connectivity index (χ4n) is 1.89. The molecule has 0 spiro atoms. The molecular weight excluding hydrogens is 354 g/mol. The molecule has 3 aromatic rings. The van der Waals surface area contributed by atoms with Gasteiger partial charge in [-0.25, -0.2) is 14.8 Å². The molecule has 21 heavy (non-hydrogen) atoms. The number of carboxylic acid groups (broad SMARTS) is 1. The van der Waals surface area contributed by atoms with Crippen LogP contribution in [0.5, 0.6) is 0 Å². The third kappa shape index (κ3) is 3.08. The van der Waals surface area contributed by atoms with Crippen LogP contribution in [0.15, 0.2) is 52.2 Å². The van der Waals surface area contributed by atoms with Crippen molar-refractivity contribution in [3.63, 3.8) is 0 Å². The molecule has 0 aliphatic carbocycles. The third-order valence-corrected chi connectivity index (χ3v) is 4.42. The fourth-order valence-corrected chi connectivity index (χ4v) is 3.37. The van der Waals surface area contributed by atoms with Crippen molar-refractivity contribution in [2.45, 2.75) is 10.6 Å². The summed E-state index contributed by atoms with van der Waals surface area (Å²) in [5, 5.41) is 9.21. The van der Waals surface area contributed by atoms with Crippen molar-refractivity contribution in [1.29, 1.82) is 0 Å². The van der Waals surface area contributed by atoms with Gasteiger partial charge in [0.15, 0.2) is 0 Å². The molecule has 1 aromatic carbocycles. The molecule has 0 bridgehead atoms. The quantitative estimate of drug-likeness (QED) is 0.718. The van der Waals surface area contributed by atoms with Crippen LogP contribution in [0.3, 0.4) is 0 Å². The van der Waals surface area contributed by atoms with Gasteiger partial charge < -0.3 is 5.11 Å². The van der Waals surface area contributed by atoms with Crippen LogP contribution in [0, 0.1) is 0 Å². The van der Waals surface area contributed by atoms with E-state index in [9.17, 15) is 9.90 Å². The maximum Gasteiger partial charge on any atom is 0.336 e. The zero-order valence-electron chi connectivity index (χ0n) is 10.7. The molecule has 0 aliphatic heterocycles. The van der Waals surface area contributed by atoms with Crippen LogP contribution in [0.4, 0.5) is 0 Å². The number of fused-ring (bicyclic) bond motifs is 1. The van der Waals surface area contributed by atoms with E-state index in [-0.39, 0.29) is 0 Å². The lowest BCUT2D eigenvalue weighted by Gasteiger charge is -2.05. The van der Waals surface area contributed by atoms with Crippen LogP contribution in [-0.4, -0.2) is 25.4 Å². The lowest BCUT2D eigenvalue weighted by atomic mass is 10.2. The van der Waals surface area contributed by atoms with Gasteiger partial charge in [0.25, 0.3) is 0 Å². The molecule has 2 aromatic heterocycles. The predicted octanol–water partition coefficient (Wildman–Crippen LogP) is 3.48. The number of rotatable bonds is 4. The minimum Gasteiger partial charge on any atom is -0.478 e. The molecule has 1 N–H and O–H groups in total. The van der Waals surface area contributed by atoms with Crippen LogP contribution in [0.1, 0.15) is 16.1 Å². The van der Waals surface area contributed by atoms with Crippen LogP contribution in [0.2, 0.25) is 0 Å². The number of aromatic nitrogens is 3. The Hall–Kier alpha value is -1.86. The van der Waals surface area contributed by atoms with Gasteiger partial charge in [-0.2, -0.15) is 0 Å². The maximum absolute atomic E-state index is 11.2. The van der Waals surface area contributed by atoms with E-state index < -0.39 is 5.97 Å². The van der Waals surface area contributed by atoms with Gasteiger partial charge >= 0.3 is 5.97 Å². The van der Waals surface area contributed by atoms with E-state index in [1.165, 1.54) is 11.8 Å². The summed E-state index contributed by atoms with van der Waals surface area (Å²) in [6, 6.07) is 6.97. The van der Waals surface area contributed by atoms with Gasteiger partial charge in [-0.1, -0.05) is 15.9 Å². The van der Waals surface area contributed by atoms with E-state index in [4.69, 9.17) is 0 Å². The lowest BCUT2D eigenvalue weighted by Crippen LogP contribution is -1.98. The van der Waals surface area contributed by atoms with Gasteiger partial charge in [-0.15, -0.1) is 11.8 Å². The predicted molar refractivity (Wildman–Crippen MR) is 83.6 cm³/mol. The summed E-state index contributed by atoms with van der Waals surface area (Å²) in [7, 11) is 0. The second-order valence-electron chi connectivity index (χ2n) is 4.29. The molecule has 2 heterocycles. The third-order valence-electron chi connectivity index (χ3n) is 2.84. The minimum atomic E-state index is -0.929. The van der Waals surface area contributed by atoms with Gasteiger partial charge in [-0.3, -0.25) is 4.40 Å². The van der Waals surface area contributed by atoms with Gasteiger partial charge in [-0.05, 0) is 24.3 Å². The smallest absolute Gasteiger partial charge is 0.336 e. The Bertz CT molecular complexity index is 786. The zero-order valence-corrected chi connectivity index (χ0v) is 13.1. The normalized spacial score (nSPS) is 10.9. The molecule has 0 saturated carbocycles. The Morgan fingerprint density at radius 2 is 2.29 bits per heavy atom. The number of carbonyl (C=O) groups is 1. The first-order chi connectivity index (χ1) is 10.1. The lowest BCUT2D eigenvalue weighted by molar-refractivity contribution is 0.0693. The summed E-state index contributed by atoms with van der Waals surface area (Å²) in [6.45, 7) is 0. The summed E-state index contributed by atoms with van der Waals surface area (Å²) in [6.07, 6.45) is 5.47. The Morgan fingerprint density at radius 3 is 3.05 bits per heavy atom. The summed E-state index contributed by atoms with van der Waals surface area (Å²) in [4.78, 5) is 20.5. The van der Waals surface area contributed by atoms with E-state index in [0.29, 0.717) is 22.0 Å². The van der Waals surface area contributed by atoms with Gasteiger partial charge in [0, 0.05) is 33.7 Å². The Kier molecular flexibility index (Phi) is 3.94. The fraction of sp³-hybridized carbons (Fsp3) is 0.0714. The number of hydrogen-bond acceptors (Lipinski definition) is 4. The van der Waals surface area contributed by atoms with E-state index in [1.54, 1.807) is 18.3 Å². The first-order valence-corrected chi connectivity index (χ1v) is 7.85. The molecule has 3 rings (SSSR count). The Morgan fingerprint density at radius 1 is 1.43 bits per heavy atom. The molecule has 106 valence electrons. The number of imidazole rings is 1. The van der Waals surface area contributed by atoms with E-state index >= 15 is 0 Å². The van der Waals surface area contributed by atoms with Gasteiger partial charge in [0.05, 0.1) is 11.3 Å². The average molecular weight is 364 g/mol. The summed E-state index contributed by atoms with van der Waals surface area (Å²) in [5.74, 6) is 0.294. The molecule has 0 saturated heterocycles. The number of halogens is 1. The first-order valence-electron chi connectivity index (χ1n) is 6.08. The zero-order chi connectivity index (χ0) is 14.8. The topological polar surface area (TPSA) is 67.5 Å². The van der Waals surface area contributed by atoms with Gasteiger partial charge in [0.1, 0.15) is 0 Å². The number of carboxylic acids is 1. The molecule has 0 aliphatic rings. The van der Waals surface area contributed by atoms with Crippen LogP contribution in [-0.2, 0) is 5.75 Å². The molecule has 0 radical (unpaired) electrons. The highest BCUT2D eigenvalue weighted by Crippen LogP contribution is 2.29. The van der Waals surface area contributed by atoms with Crippen LogP contribution < -0.4 is 0 Å². The van der Waals surface area contributed by atoms with E-state index in [1.807, 2.05) is 28.9 Å². The number of aromatic carboxylic acids is 1. The minimum absolute atomic E-state index is 0.296. The van der Waals surface area contributed by atoms with Crippen molar-refractivity contribution in [2.24, 2.45) is 0 Å². The van der Waals surface area contributed by atoms with Crippen molar-refractivity contribution >= 4 is 39.4 Å². The second-order valence-corrected chi connectivity index (χ2v) is 6.23. The molecule has 0 fully saturated rings. The van der Waals surface area contributed by atoms with Crippen LogP contribution in [0.25, 0.3) is 5.78 Å². The SMILES string of the molecule is O=C(O)c1ccc(Br)cc1SCc1cn2cccnc2n1. The van der Waals surface area contributed by atoms with Gasteiger partial charge in [0.2, 0.25) is 5.78 Å². The van der Waals surface area contributed by atoms with Crippen molar-refractivity contribution in [3.05, 3.63) is 58.6 Å².